The van der Waals surface area contributed by atoms with Crippen LogP contribution >= 0.6 is 0 Å². The molecule has 0 heterocycles. The summed E-state index contributed by atoms with van der Waals surface area (Å²) in [6.07, 6.45) is 0.261. The Morgan fingerprint density at radius 2 is 2.19 bits per heavy atom. The van der Waals surface area contributed by atoms with Gasteiger partial charge < -0.3 is 11.1 Å². The minimum atomic E-state index is -1.17. The Hall–Kier alpha value is -1.36. The monoisotopic (exact) mass is 240 g/mol. The molecule has 3 N–H and O–H groups in total. The molecule has 1 amide bonds. The summed E-state index contributed by atoms with van der Waals surface area (Å²) in [6.45, 7) is 1.84. The van der Waals surface area contributed by atoms with Gasteiger partial charge in [-0.2, -0.15) is 0 Å². The molecule has 0 aliphatic carbocycles. The van der Waals surface area contributed by atoms with Crippen LogP contribution in [0.1, 0.15) is 12.0 Å². The van der Waals surface area contributed by atoms with Crippen molar-refractivity contribution in [2.24, 2.45) is 0 Å². The summed E-state index contributed by atoms with van der Waals surface area (Å²) < 4.78 is 11.9. The van der Waals surface area contributed by atoms with Gasteiger partial charge in [-0.05, 0) is 24.6 Å². The lowest BCUT2D eigenvalue weighted by Gasteiger charge is -2.07. The second-order valence-corrected chi connectivity index (χ2v) is 4.98. The molecule has 1 atom stereocenters. The standard InChI is InChI=1S/C11H16N2O2S/c1-8-9(12)4-3-5-10(8)16(15)7-6-11(14)13-2/h3-5H,6-7,12H2,1-2H3,(H,13,14). The molecule has 1 rings (SSSR count). The van der Waals surface area contributed by atoms with E-state index in [0.717, 1.165) is 5.56 Å². The number of carbonyl (C=O) groups is 1. The van der Waals surface area contributed by atoms with Crippen LogP contribution in [0.5, 0.6) is 0 Å². The van der Waals surface area contributed by atoms with Crippen molar-refractivity contribution in [1.29, 1.82) is 0 Å². The molecular formula is C11H16N2O2S. The number of carbonyl (C=O) groups excluding carboxylic acids is 1. The van der Waals surface area contributed by atoms with E-state index >= 15 is 0 Å². The fourth-order valence-corrected chi connectivity index (χ4v) is 2.58. The summed E-state index contributed by atoms with van der Waals surface area (Å²) in [6, 6.07) is 5.33. The van der Waals surface area contributed by atoms with E-state index in [2.05, 4.69) is 5.32 Å². The molecule has 1 aromatic carbocycles. The van der Waals surface area contributed by atoms with Crippen molar-refractivity contribution in [1.82, 2.24) is 5.32 Å². The molecule has 1 aromatic rings. The Kier molecular flexibility index (Phi) is 4.49. The normalized spacial score (nSPS) is 12.1. The third kappa shape index (κ3) is 3.06. The smallest absolute Gasteiger partial charge is 0.220 e. The fourth-order valence-electron chi connectivity index (χ4n) is 1.30. The molecule has 0 aromatic heterocycles. The second kappa shape index (κ2) is 5.65. The number of nitrogen functional groups attached to an aromatic ring is 1. The van der Waals surface area contributed by atoms with Crippen LogP contribution in [0.2, 0.25) is 0 Å². The Bertz CT molecular complexity index is 418. The zero-order valence-corrected chi connectivity index (χ0v) is 10.3. The van der Waals surface area contributed by atoms with Crippen LogP contribution < -0.4 is 11.1 Å². The highest BCUT2D eigenvalue weighted by Gasteiger charge is 2.10. The predicted molar refractivity (Wildman–Crippen MR) is 65.6 cm³/mol. The van der Waals surface area contributed by atoms with Gasteiger partial charge in [-0.1, -0.05) is 6.07 Å². The Morgan fingerprint density at radius 1 is 1.50 bits per heavy atom. The molecule has 0 fully saturated rings. The summed E-state index contributed by atoms with van der Waals surface area (Å²) in [5.74, 6) is 0.221. The first kappa shape index (κ1) is 12.7. The van der Waals surface area contributed by atoms with Crippen molar-refractivity contribution in [3.8, 4) is 0 Å². The van der Waals surface area contributed by atoms with Crippen LogP contribution in [0, 0.1) is 6.92 Å². The van der Waals surface area contributed by atoms with E-state index in [1.807, 2.05) is 6.92 Å². The highest BCUT2D eigenvalue weighted by molar-refractivity contribution is 7.85. The van der Waals surface area contributed by atoms with Crippen molar-refractivity contribution in [2.45, 2.75) is 18.2 Å². The summed E-state index contributed by atoms with van der Waals surface area (Å²) in [7, 11) is 0.398. The maximum atomic E-state index is 11.9. The van der Waals surface area contributed by atoms with Crippen LogP contribution in [-0.2, 0) is 15.6 Å². The molecule has 88 valence electrons. The predicted octanol–water partition coefficient (Wildman–Crippen LogP) is 0.821. The SMILES string of the molecule is CNC(=O)CCS(=O)c1cccc(N)c1C. The minimum absolute atomic E-state index is 0.102. The van der Waals surface area contributed by atoms with E-state index in [9.17, 15) is 9.00 Å². The summed E-state index contributed by atoms with van der Waals surface area (Å²) >= 11 is 0. The first-order chi connectivity index (χ1) is 7.56. The van der Waals surface area contributed by atoms with Gasteiger partial charge in [0.15, 0.2) is 0 Å². The molecule has 0 saturated heterocycles. The topological polar surface area (TPSA) is 72.2 Å². The summed E-state index contributed by atoms with van der Waals surface area (Å²) in [5.41, 5.74) is 7.19. The number of anilines is 1. The second-order valence-electron chi connectivity index (χ2n) is 3.44. The Morgan fingerprint density at radius 3 is 2.81 bits per heavy atom. The number of amides is 1. The number of benzene rings is 1. The van der Waals surface area contributed by atoms with Gasteiger partial charge >= 0.3 is 0 Å². The first-order valence-corrected chi connectivity index (χ1v) is 6.32. The van der Waals surface area contributed by atoms with Gasteiger partial charge in [-0.3, -0.25) is 9.00 Å². The van der Waals surface area contributed by atoms with Crippen LogP contribution in [0.3, 0.4) is 0 Å². The maximum Gasteiger partial charge on any atom is 0.220 e. The lowest BCUT2D eigenvalue weighted by molar-refractivity contribution is -0.120. The van der Waals surface area contributed by atoms with Crippen molar-refractivity contribution < 1.29 is 9.00 Å². The number of nitrogens with two attached hydrogens (primary N) is 1. The molecule has 5 heteroatoms. The van der Waals surface area contributed by atoms with Gasteiger partial charge in [-0.25, -0.2) is 0 Å². The van der Waals surface area contributed by atoms with E-state index in [-0.39, 0.29) is 12.3 Å². The molecule has 4 nitrogen and oxygen atoms in total. The quantitative estimate of drug-likeness (QED) is 0.765. The molecular weight excluding hydrogens is 224 g/mol. The highest BCUT2D eigenvalue weighted by atomic mass is 32.2. The van der Waals surface area contributed by atoms with Crippen LogP contribution in [-0.4, -0.2) is 22.9 Å². The number of nitrogens with one attached hydrogen (secondary N) is 1. The molecule has 0 saturated carbocycles. The first-order valence-electron chi connectivity index (χ1n) is 5.00. The molecule has 0 aliphatic heterocycles. The van der Waals surface area contributed by atoms with Crippen LogP contribution in [0.15, 0.2) is 23.1 Å². The maximum absolute atomic E-state index is 11.9. The van der Waals surface area contributed by atoms with Gasteiger partial charge in [-0.15, -0.1) is 0 Å². The van der Waals surface area contributed by atoms with Crippen molar-refractivity contribution >= 4 is 22.4 Å². The summed E-state index contributed by atoms with van der Waals surface area (Å²) in [4.78, 5) is 11.7. The van der Waals surface area contributed by atoms with Crippen molar-refractivity contribution in [2.75, 3.05) is 18.5 Å². The van der Waals surface area contributed by atoms with Gasteiger partial charge in [0, 0.05) is 29.8 Å². The molecule has 0 aliphatic rings. The number of rotatable bonds is 4. The Labute approximate surface area is 97.7 Å². The third-order valence-electron chi connectivity index (χ3n) is 2.36. The molecule has 0 radical (unpaired) electrons. The van der Waals surface area contributed by atoms with E-state index in [0.29, 0.717) is 16.3 Å². The number of hydrogen-bond donors (Lipinski definition) is 2. The van der Waals surface area contributed by atoms with E-state index < -0.39 is 10.8 Å². The zero-order chi connectivity index (χ0) is 12.1. The number of hydrogen-bond acceptors (Lipinski definition) is 3. The van der Waals surface area contributed by atoms with Gasteiger partial charge in [0.25, 0.3) is 0 Å². The largest absolute Gasteiger partial charge is 0.398 e. The van der Waals surface area contributed by atoms with Crippen molar-refractivity contribution in [3.05, 3.63) is 23.8 Å². The van der Waals surface area contributed by atoms with E-state index in [4.69, 9.17) is 5.73 Å². The average molecular weight is 240 g/mol. The lowest BCUT2D eigenvalue weighted by atomic mass is 10.2. The van der Waals surface area contributed by atoms with Gasteiger partial charge in [0.05, 0.1) is 10.8 Å². The van der Waals surface area contributed by atoms with Crippen LogP contribution in [0.4, 0.5) is 5.69 Å². The summed E-state index contributed by atoms with van der Waals surface area (Å²) in [5, 5.41) is 2.50. The zero-order valence-electron chi connectivity index (χ0n) is 9.45. The van der Waals surface area contributed by atoms with Crippen LogP contribution in [0.25, 0.3) is 0 Å². The van der Waals surface area contributed by atoms with Crippen molar-refractivity contribution in [3.63, 3.8) is 0 Å². The third-order valence-corrected chi connectivity index (χ3v) is 3.87. The molecule has 1 unspecified atom stereocenters. The lowest BCUT2D eigenvalue weighted by Crippen LogP contribution is -2.20. The highest BCUT2D eigenvalue weighted by Crippen LogP contribution is 2.19. The van der Waals surface area contributed by atoms with Gasteiger partial charge in [0.1, 0.15) is 0 Å². The van der Waals surface area contributed by atoms with E-state index in [1.165, 1.54) is 0 Å². The molecule has 0 bridgehead atoms. The van der Waals surface area contributed by atoms with E-state index in [1.54, 1.807) is 25.2 Å². The molecule has 0 spiro atoms. The Balaban J connectivity index is 2.74. The average Bonchev–Trinajstić information content (AvgIpc) is 2.29. The molecule has 16 heavy (non-hydrogen) atoms. The fraction of sp³-hybridized carbons (Fsp3) is 0.364. The van der Waals surface area contributed by atoms with Gasteiger partial charge in [0.2, 0.25) is 5.91 Å². The minimum Gasteiger partial charge on any atom is -0.398 e.